The van der Waals surface area contributed by atoms with Crippen molar-refractivity contribution in [2.24, 2.45) is 4.99 Å². The molecule has 2 aromatic carbocycles. The zero-order chi connectivity index (χ0) is 30.2. The van der Waals surface area contributed by atoms with E-state index in [1.54, 1.807) is 23.2 Å². The molecule has 0 bridgehead atoms. The monoisotopic (exact) mass is 576 g/mol. The first-order valence-electron chi connectivity index (χ1n) is 13.9. The van der Waals surface area contributed by atoms with Crippen LogP contribution < -0.4 is 15.5 Å². The third kappa shape index (κ3) is 7.22. The highest BCUT2D eigenvalue weighted by molar-refractivity contribution is 6.19. The SMILES string of the molecule is CCN(CC)CCN1C(=O)C(NC(=O)[C@H](C)NC(=O)Cc2ccc(F)c(F)c2)N=C(c2ccccn2)c2ccccc21. The molecular weight excluding hydrogens is 542 g/mol. The van der Waals surface area contributed by atoms with Gasteiger partial charge in [0.1, 0.15) is 6.04 Å². The van der Waals surface area contributed by atoms with E-state index in [1.807, 2.05) is 30.3 Å². The Labute approximate surface area is 243 Å². The highest BCUT2D eigenvalue weighted by Crippen LogP contribution is 2.27. The first-order valence-corrected chi connectivity index (χ1v) is 13.9. The highest BCUT2D eigenvalue weighted by Gasteiger charge is 2.34. The van der Waals surface area contributed by atoms with Crippen LogP contribution in [0.3, 0.4) is 0 Å². The first kappa shape index (κ1) is 30.4. The molecule has 1 aliphatic heterocycles. The van der Waals surface area contributed by atoms with E-state index >= 15 is 0 Å². The Morgan fingerprint density at radius 2 is 1.76 bits per heavy atom. The lowest BCUT2D eigenvalue weighted by Gasteiger charge is -2.28. The number of carbonyl (C=O) groups excluding carboxylic acids is 3. The van der Waals surface area contributed by atoms with Gasteiger partial charge in [-0.2, -0.15) is 0 Å². The molecule has 3 aromatic rings. The van der Waals surface area contributed by atoms with Gasteiger partial charge in [0, 0.05) is 24.8 Å². The van der Waals surface area contributed by atoms with Crippen molar-refractivity contribution in [3.63, 3.8) is 0 Å². The molecule has 1 unspecified atom stereocenters. The molecule has 0 spiro atoms. The second-order valence-corrected chi connectivity index (χ2v) is 9.85. The first-order chi connectivity index (χ1) is 20.2. The number of rotatable bonds is 11. The number of hydrogen-bond acceptors (Lipinski definition) is 6. The number of pyridine rings is 1. The van der Waals surface area contributed by atoms with Gasteiger partial charge >= 0.3 is 0 Å². The van der Waals surface area contributed by atoms with E-state index in [0.29, 0.717) is 35.7 Å². The van der Waals surface area contributed by atoms with E-state index in [2.05, 4.69) is 34.4 Å². The van der Waals surface area contributed by atoms with Gasteiger partial charge in [0.25, 0.3) is 5.91 Å². The number of aromatic nitrogens is 1. The molecule has 9 nitrogen and oxygen atoms in total. The Morgan fingerprint density at radius 3 is 2.45 bits per heavy atom. The molecule has 42 heavy (non-hydrogen) atoms. The molecule has 1 aromatic heterocycles. The summed E-state index contributed by atoms with van der Waals surface area (Å²) in [5.74, 6) is -3.70. The minimum atomic E-state index is -1.29. The van der Waals surface area contributed by atoms with Crippen molar-refractivity contribution in [1.29, 1.82) is 0 Å². The lowest BCUT2D eigenvalue weighted by molar-refractivity contribution is -0.130. The fourth-order valence-corrected chi connectivity index (χ4v) is 4.70. The maximum Gasteiger partial charge on any atom is 0.272 e. The van der Waals surface area contributed by atoms with Gasteiger partial charge in [0.15, 0.2) is 11.6 Å². The molecule has 2 heterocycles. The number of anilines is 1. The summed E-state index contributed by atoms with van der Waals surface area (Å²) < 4.78 is 26.8. The average Bonchev–Trinajstić information content (AvgIpc) is 3.10. The van der Waals surface area contributed by atoms with E-state index in [9.17, 15) is 23.2 Å². The normalized spacial score (nSPS) is 15.5. The van der Waals surface area contributed by atoms with Crippen LogP contribution in [0.2, 0.25) is 0 Å². The molecule has 3 amide bonds. The number of nitrogens with one attached hydrogen (secondary N) is 2. The maximum absolute atomic E-state index is 14.0. The summed E-state index contributed by atoms with van der Waals surface area (Å²) in [5.41, 5.74) is 2.60. The number of benzodiazepines with no additional fused rings is 1. The van der Waals surface area contributed by atoms with E-state index in [0.717, 1.165) is 25.2 Å². The molecule has 0 saturated heterocycles. The second kappa shape index (κ2) is 13.9. The van der Waals surface area contributed by atoms with Crippen LogP contribution >= 0.6 is 0 Å². The molecule has 0 saturated carbocycles. The fraction of sp³-hybridized carbons (Fsp3) is 0.323. The summed E-state index contributed by atoms with van der Waals surface area (Å²) in [4.78, 5) is 52.7. The number of aliphatic imine (C=N–C) groups is 1. The third-order valence-corrected chi connectivity index (χ3v) is 7.05. The van der Waals surface area contributed by atoms with Crippen LogP contribution in [0, 0.1) is 11.6 Å². The van der Waals surface area contributed by atoms with Crippen LogP contribution in [0.25, 0.3) is 0 Å². The molecule has 4 rings (SSSR count). The van der Waals surface area contributed by atoms with Crippen LogP contribution in [0.1, 0.15) is 37.6 Å². The maximum atomic E-state index is 14.0. The smallest absolute Gasteiger partial charge is 0.272 e. The molecular formula is C31H34F2N6O3. The fourth-order valence-electron chi connectivity index (χ4n) is 4.70. The van der Waals surface area contributed by atoms with Crippen LogP contribution in [0.5, 0.6) is 0 Å². The molecule has 2 N–H and O–H groups in total. The molecule has 2 atom stereocenters. The largest absolute Gasteiger partial charge is 0.344 e. The van der Waals surface area contributed by atoms with Gasteiger partial charge in [-0.1, -0.05) is 44.2 Å². The van der Waals surface area contributed by atoms with Crippen molar-refractivity contribution in [2.45, 2.75) is 39.4 Å². The molecule has 0 fully saturated rings. The number of halogens is 2. The van der Waals surface area contributed by atoms with Crippen molar-refractivity contribution >= 4 is 29.1 Å². The standard InChI is InChI=1S/C31H34F2N6O3/c1-4-38(5-2)16-17-39-26-12-7-6-10-22(26)28(25-11-8-9-15-34-25)36-29(31(39)42)37-30(41)20(3)35-27(40)19-21-13-14-23(32)24(33)18-21/h6-15,18,20,29H,4-5,16-17,19H2,1-3H3,(H,35,40)(H,37,41)/t20-,29?/m0/s1. The predicted octanol–water partition coefficient (Wildman–Crippen LogP) is 3.08. The van der Waals surface area contributed by atoms with Gasteiger partial charge in [-0.3, -0.25) is 19.4 Å². The van der Waals surface area contributed by atoms with Crippen molar-refractivity contribution < 1.29 is 23.2 Å². The number of nitrogens with zero attached hydrogens (tertiary/aromatic N) is 4. The molecule has 11 heteroatoms. The Kier molecular flexibility index (Phi) is 10.1. The van der Waals surface area contributed by atoms with Crippen LogP contribution in [-0.4, -0.2) is 71.7 Å². The Balaban J connectivity index is 1.59. The van der Waals surface area contributed by atoms with Gasteiger partial charge < -0.3 is 20.4 Å². The molecule has 1 aliphatic rings. The summed E-state index contributed by atoms with van der Waals surface area (Å²) in [6.07, 6.45) is 0.0843. The van der Waals surface area contributed by atoms with Gasteiger partial charge in [0.05, 0.1) is 23.5 Å². The zero-order valence-corrected chi connectivity index (χ0v) is 23.8. The van der Waals surface area contributed by atoms with Gasteiger partial charge in [-0.25, -0.2) is 13.8 Å². The zero-order valence-electron chi connectivity index (χ0n) is 23.8. The van der Waals surface area contributed by atoms with Crippen LogP contribution in [0.15, 0.2) is 71.9 Å². The summed E-state index contributed by atoms with van der Waals surface area (Å²) in [6, 6.07) is 14.9. The predicted molar refractivity (Wildman–Crippen MR) is 156 cm³/mol. The number of hydrogen-bond donors (Lipinski definition) is 2. The summed E-state index contributed by atoms with van der Waals surface area (Å²) in [7, 11) is 0. The Hall–Kier alpha value is -4.51. The van der Waals surface area contributed by atoms with Gasteiger partial charge in [0.2, 0.25) is 18.0 Å². The van der Waals surface area contributed by atoms with Crippen molar-refractivity contribution in [2.75, 3.05) is 31.1 Å². The minimum absolute atomic E-state index is 0.254. The summed E-state index contributed by atoms with van der Waals surface area (Å²) in [6.45, 7) is 8.19. The number of amides is 3. The van der Waals surface area contributed by atoms with Crippen LogP contribution in [0.4, 0.5) is 14.5 Å². The van der Waals surface area contributed by atoms with Crippen molar-refractivity contribution in [3.8, 4) is 0 Å². The van der Waals surface area contributed by atoms with E-state index in [1.165, 1.54) is 13.0 Å². The summed E-state index contributed by atoms with van der Waals surface area (Å²) in [5, 5.41) is 5.24. The number of likely N-dealkylation sites (N-methyl/N-ethyl adjacent to an activating group) is 1. The van der Waals surface area contributed by atoms with Gasteiger partial charge in [-0.15, -0.1) is 0 Å². The summed E-state index contributed by atoms with van der Waals surface area (Å²) >= 11 is 0. The quantitative estimate of drug-likeness (QED) is 0.365. The topological polar surface area (TPSA) is 107 Å². The van der Waals surface area contributed by atoms with Gasteiger partial charge in [-0.05, 0) is 55.9 Å². The van der Waals surface area contributed by atoms with E-state index in [4.69, 9.17) is 4.99 Å². The number of benzene rings is 2. The third-order valence-electron chi connectivity index (χ3n) is 7.05. The number of carbonyl (C=O) groups is 3. The minimum Gasteiger partial charge on any atom is -0.344 e. The highest BCUT2D eigenvalue weighted by atomic mass is 19.2. The van der Waals surface area contributed by atoms with Crippen molar-refractivity contribution in [3.05, 3.63) is 95.3 Å². The average molecular weight is 577 g/mol. The molecule has 0 aliphatic carbocycles. The number of fused-ring (bicyclic) bond motifs is 1. The van der Waals surface area contributed by atoms with E-state index in [-0.39, 0.29) is 12.0 Å². The molecule has 220 valence electrons. The Bertz CT molecular complexity index is 1460. The Morgan fingerprint density at radius 1 is 1.02 bits per heavy atom. The second-order valence-electron chi connectivity index (χ2n) is 9.85. The van der Waals surface area contributed by atoms with E-state index < -0.39 is 41.6 Å². The number of para-hydroxylation sites is 1. The lowest BCUT2D eigenvalue weighted by atomic mass is 10.0. The molecule has 0 radical (unpaired) electrons. The lowest BCUT2D eigenvalue weighted by Crippen LogP contribution is -2.53. The van der Waals surface area contributed by atoms with Crippen molar-refractivity contribution in [1.82, 2.24) is 20.5 Å². The van der Waals surface area contributed by atoms with Crippen LogP contribution in [-0.2, 0) is 20.8 Å².